The van der Waals surface area contributed by atoms with Crippen molar-refractivity contribution in [3.8, 4) is 5.88 Å². The molecular weight excluding hydrogens is 186 g/mol. The first-order valence-corrected chi connectivity index (χ1v) is 5.01. The van der Waals surface area contributed by atoms with Crippen molar-refractivity contribution < 1.29 is 9.53 Å². The smallest absolute Gasteiger partial charge is 0.225 e. The number of rotatable bonds is 4. The van der Waals surface area contributed by atoms with Gasteiger partial charge < -0.3 is 9.53 Å². The fourth-order valence-corrected chi connectivity index (χ4v) is 2.16. The lowest BCUT2D eigenvalue weighted by Crippen LogP contribution is -2.04. The Bertz CT molecular complexity index is 317. The van der Waals surface area contributed by atoms with Crippen LogP contribution in [0.25, 0.3) is 0 Å². The Morgan fingerprint density at radius 2 is 2.54 bits per heavy atom. The van der Waals surface area contributed by atoms with Crippen molar-refractivity contribution in [2.45, 2.75) is 19.3 Å². The Labute approximate surface area is 80.9 Å². The minimum atomic E-state index is -0.0580. The van der Waals surface area contributed by atoms with Crippen molar-refractivity contribution in [1.82, 2.24) is 4.37 Å². The molecule has 0 aliphatic heterocycles. The SMILES string of the molecule is COc1cc(CC2(C=O)CC2)sn1. The highest BCUT2D eigenvalue weighted by atomic mass is 32.1. The molecule has 0 saturated heterocycles. The van der Waals surface area contributed by atoms with Crippen LogP contribution in [0.4, 0.5) is 0 Å². The average Bonchev–Trinajstić information content (AvgIpc) is 2.77. The second-order valence-corrected chi connectivity index (χ2v) is 4.38. The summed E-state index contributed by atoms with van der Waals surface area (Å²) < 4.78 is 9.06. The van der Waals surface area contributed by atoms with Gasteiger partial charge in [0.15, 0.2) is 0 Å². The fourth-order valence-electron chi connectivity index (χ4n) is 1.32. The van der Waals surface area contributed by atoms with Gasteiger partial charge >= 0.3 is 0 Å². The molecule has 1 fully saturated rings. The van der Waals surface area contributed by atoms with Gasteiger partial charge in [-0.25, -0.2) is 0 Å². The summed E-state index contributed by atoms with van der Waals surface area (Å²) in [7, 11) is 1.60. The maximum absolute atomic E-state index is 10.7. The van der Waals surface area contributed by atoms with Gasteiger partial charge in [-0.3, -0.25) is 0 Å². The molecule has 13 heavy (non-hydrogen) atoms. The Hall–Kier alpha value is -0.900. The van der Waals surface area contributed by atoms with Crippen molar-refractivity contribution in [1.29, 1.82) is 0 Å². The van der Waals surface area contributed by atoms with Gasteiger partial charge in [-0.1, -0.05) is 0 Å². The van der Waals surface area contributed by atoms with Crippen LogP contribution < -0.4 is 4.74 Å². The first-order valence-electron chi connectivity index (χ1n) is 4.24. The van der Waals surface area contributed by atoms with E-state index in [1.807, 2.05) is 6.07 Å². The molecule has 0 bridgehead atoms. The van der Waals surface area contributed by atoms with Gasteiger partial charge in [-0.15, -0.1) is 0 Å². The van der Waals surface area contributed by atoms with Gasteiger partial charge in [0.1, 0.15) is 6.29 Å². The van der Waals surface area contributed by atoms with Gasteiger partial charge in [0.05, 0.1) is 7.11 Å². The molecule has 0 N–H and O–H groups in total. The molecular formula is C9H11NO2S. The Morgan fingerprint density at radius 3 is 3.00 bits per heavy atom. The van der Waals surface area contributed by atoms with E-state index in [1.165, 1.54) is 11.5 Å². The van der Waals surface area contributed by atoms with Crippen LogP contribution in [0, 0.1) is 5.41 Å². The molecule has 1 heterocycles. The van der Waals surface area contributed by atoms with Crippen LogP contribution in [-0.4, -0.2) is 17.8 Å². The number of nitrogens with zero attached hydrogens (tertiary/aromatic N) is 1. The predicted octanol–water partition coefficient (Wildman–Crippen LogP) is 1.67. The number of hydrogen-bond donors (Lipinski definition) is 0. The second-order valence-electron chi connectivity index (χ2n) is 3.49. The summed E-state index contributed by atoms with van der Waals surface area (Å²) in [6.45, 7) is 0. The molecule has 0 spiro atoms. The Balaban J connectivity index is 2.05. The molecule has 1 aliphatic carbocycles. The number of ether oxygens (including phenoxy) is 1. The highest BCUT2D eigenvalue weighted by Crippen LogP contribution is 2.47. The van der Waals surface area contributed by atoms with Crippen molar-refractivity contribution >= 4 is 17.8 Å². The van der Waals surface area contributed by atoms with E-state index < -0.39 is 0 Å². The number of aldehydes is 1. The lowest BCUT2D eigenvalue weighted by molar-refractivity contribution is -0.112. The number of aromatic nitrogens is 1. The van der Waals surface area contributed by atoms with E-state index in [0.717, 1.165) is 30.4 Å². The Kier molecular flexibility index (Phi) is 2.07. The zero-order valence-electron chi connectivity index (χ0n) is 7.45. The molecule has 0 atom stereocenters. The van der Waals surface area contributed by atoms with Crippen LogP contribution in [0.3, 0.4) is 0 Å². The molecule has 0 aromatic carbocycles. The molecule has 3 nitrogen and oxygen atoms in total. The van der Waals surface area contributed by atoms with E-state index in [1.54, 1.807) is 7.11 Å². The minimum absolute atomic E-state index is 0.0580. The third-order valence-electron chi connectivity index (χ3n) is 2.41. The molecule has 70 valence electrons. The zero-order chi connectivity index (χ0) is 9.31. The van der Waals surface area contributed by atoms with Gasteiger partial charge in [-0.2, -0.15) is 4.37 Å². The topological polar surface area (TPSA) is 39.2 Å². The maximum Gasteiger partial charge on any atom is 0.225 e. The number of methoxy groups -OCH3 is 1. The molecule has 0 radical (unpaired) electrons. The van der Waals surface area contributed by atoms with E-state index in [2.05, 4.69) is 4.37 Å². The largest absolute Gasteiger partial charge is 0.480 e. The van der Waals surface area contributed by atoms with Crippen LogP contribution >= 0.6 is 11.5 Å². The van der Waals surface area contributed by atoms with Crippen LogP contribution in [0.2, 0.25) is 0 Å². The van der Waals surface area contributed by atoms with Gasteiger partial charge in [0.2, 0.25) is 5.88 Å². The third kappa shape index (κ3) is 1.72. The van der Waals surface area contributed by atoms with Crippen LogP contribution in [0.5, 0.6) is 5.88 Å². The molecule has 4 heteroatoms. The molecule has 0 amide bonds. The highest BCUT2D eigenvalue weighted by Gasteiger charge is 2.42. The van der Waals surface area contributed by atoms with Crippen molar-refractivity contribution in [3.05, 3.63) is 10.9 Å². The first-order chi connectivity index (χ1) is 6.28. The summed E-state index contributed by atoms with van der Waals surface area (Å²) in [5.41, 5.74) is -0.0580. The van der Waals surface area contributed by atoms with E-state index in [9.17, 15) is 4.79 Å². The van der Waals surface area contributed by atoms with E-state index in [-0.39, 0.29) is 5.41 Å². The second kappa shape index (κ2) is 3.10. The van der Waals surface area contributed by atoms with Crippen LogP contribution in [0.15, 0.2) is 6.07 Å². The number of hydrogen-bond acceptors (Lipinski definition) is 4. The summed E-state index contributed by atoms with van der Waals surface area (Å²) >= 11 is 1.42. The van der Waals surface area contributed by atoms with E-state index in [4.69, 9.17) is 4.74 Å². The van der Waals surface area contributed by atoms with Crippen molar-refractivity contribution in [2.24, 2.45) is 5.41 Å². The van der Waals surface area contributed by atoms with Crippen LogP contribution in [0.1, 0.15) is 17.7 Å². The fraction of sp³-hybridized carbons (Fsp3) is 0.556. The normalized spacial score (nSPS) is 18.2. The molecule has 2 rings (SSSR count). The van der Waals surface area contributed by atoms with E-state index in [0.29, 0.717) is 5.88 Å². The Morgan fingerprint density at radius 1 is 1.77 bits per heavy atom. The molecule has 1 aliphatic rings. The summed E-state index contributed by atoms with van der Waals surface area (Å²) in [6, 6.07) is 1.91. The molecule has 1 saturated carbocycles. The summed E-state index contributed by atoms with van der Waals surface area (Å²) in [5, 5.41) is 0. The standard InChI is InChI=1S/C9H11NO2S/c1-12-8-4-7(13-10-8)5-9(6-11)2-3-9/h4,6H,2-3,5H2,1H3. The van der Waals surface area contributed by atoms with Gasteiger partial charge in [0, 0.05) is 16.4 Å². The summed E-state index contributed by atoms with van der Waals surface area (Å²) in [6.07, 6.45) is 3.96. The summed E-state index contributed by atoms with van der Waals surface area (Å²) in [4.78, 5) is 11.9. The zero-order valence-corrected chi connectivity index (χ0v) is 8.26. The molecule has 0 unspecified atom stereocenters. The van der Waals surface area contributed by atoms with Gasteiger partial charge in [-0.05, 0) is 30.8 Å². The predicted molar refractivity (Wildman–Crippen MR) is 50.1 cm³/mol. The van der Waals surface area contributed by atoms with Crippen LogP contribution in [-0.2, 0) is 11.2 Å². The van der Waals surface area contributed by atoms with E-state index >= 15 is 0 Å². The molecule has 1 aromatic heterocycles. The highest BCUT2D eigenvalue weighted by molar-refractivity contribution is 7.05. The van der Waals surface area contributed by atoms with Gasteiger partial charge in [0.25, 0.3) is 0 Å². The average molecular weight is 197 g/mol. The minimum Gasteiger partial charge on any atom is -0.480 e. The number of carbonyl (C=O) groups excluding carboxylic acids is 1. The maximum atomic E-state index is 10.7. The van der Waals surface area contributed by atoms with Crippen molar-refractivity contribution in [3.63, 3.8) is 0 Å². The lowest BCUT2D eigenvalue weighted by Gasteiger charge is -2.01. The van der Waals surface area contributed by atoms with Crippen molar-refractivity contribution in [2.75, 3.05) is 7.11 Å². The third-order valence-corrected chi connectivity index (χ3v) is 3.18. The summed E-state index contributed by atoms with van der Waals surface area (Å²) in [5.74, 6) is 0.654. The lowest BCUT2D eigenvalue weighted by atomic mass is 10.0. The quantitative estimate of drug-likeness (QED) is 0.689. The molecule has 1 aromatic rings. The first kappa shape index (κ1) is 8.69. The number of carbonyl (C=O) groups is 1. The monoisotopic (exact) mass is 197 g/mol.